The average Bonchev–Trinajstić information content (AvgIpc) is 4.09. The molecule has 312 valence electrons. The van der Waals surface area contributed by atoms with E-state index in [1.54, 1.807) is 21.8 Å². The Hall–Kier alpha value is -6.08. The average molecular weight is 817 g/mol. The summed E-state index contributed by atoms with van der Waals surface area (Å²) in [5.41, 5.74) is 8.81. The van der Waals surface area contributed by atoms with E-state index in [0.29, 0.717) is 23.9 Å². The third-order valence-corrected chi connectivity index (χ3v) is 12.0. The zero-order valence-corrected chi connectivity index (χ0v) is 33.8. The lowest BCUT2D eigenvalue weighted by Crippen LogP contribution is -2.24. The summed E-state index contributed by atoms with van der Waals surface area (Å²) in [7, 11) is 0. The van der Waals surface area contributed by atoms with Crippen LogP contribution in [-0.2, 0) is 13.1 Å². The highest BCUT2D eigenvalue weighted by Crippen LogP contribution is 2.37. The molecule has 0 bridgehead atoms. The second-order valence-corrected chi connectivity index (χ2v) is 16.3. The van der Waals surface area contributed by atoms with Crippen LogP contribution in [0.1, 0.15) is 64.5 Å². The molecule has 6 N–H and O–H groups in total. The molecule has 0 radical (unpaired) electrons. The highest BCUT2D eigenvalue weighted by Gasteiger charge is 2.29. The minimum absolute atomic E-state index is 0.230. The van der Waals surface area contributed by atoms with E-state index in [1.807, 2.05) is 70.7 Å². The molecule has 0 aromatic carbocycles. The Morgan fingerprint density at radius 1 is 0.617 bits per heavy atom. The van der Waals surface area contributed by atoms with Gasteiger partial charge in [-0.3, -0.25) is 18.7 Å². The zero-order chi connectivity index (χ0) is 41.3. The molecule has 2 aliphatic carbocycles. The summed E-state index contributed by atoms with van der Waals surface area (Å²) in [4.78, 5) is 9.85. The van der Waals surface area contributed by atoms with Crippen molar-refractivity contribution >= 4 is 11.0 Å². The number of aromatic nitrogens is 14. The van der Waals surface area contributed by atoms with E-state index in [0.717, 1.165) is 56.1 Å². The molecular formula is C42H52N14O4+2. The fraction of sp³-hybridized carbons (Fsp3) is 0.429. The number of rotatable bonds is 12. The van der Waals surface area contributed by atoms with Crippen LogP contribution in [0.15, 0.2) is 86.5 Å². The molecule has 0 amide bonds. The number of hydrogen-bond donors (Lipinski definition) is 6. The Morgan fingerprint density at radius 2 is 1.05 bits per heavy atom. The molecule has 6 atom stereocenters. The summed E-state index contributed by atoms with van der Waals surface area (Å²) in [6, 6.07) is 4.91. The number of aliphatic hydroxyl groups is 4. The summed E-state index contributed by atoms with van der Waals surface area (Å²) in [5.74, 6) is 1.28. The number of fused-ring (bicyclic) bond motifs is 2. The third kappa shape index (κ3) is 7.98. The first-order chi connectivity index (χ1) is 29.2. The first-order valence-corrected chi connectivity index (χ1v) is 20.8. The van der Waals surface area contributed by atoms with Gasteiger partial charge in [-0.1, -0.05) is 35.7 Å². The highest BCUT2D eigenvalue weighted by molar-refractivity contribution is 5.76. The van der Waals surface area contributed by atoms with Gasteiger partial charge in [0.25, 0.3) is 11.0 Å². The number of aliphatic hydroxyl groups excluding tert-OH is 4. The van der Waals surface area contributed by atoms with Crippen LogP contribution >= 0.6 is 0 Å². The fourth-order valence-corrected chi connectivity index (χ4v) is 8.71. The lowest BCUT2D eigenvalue weighted by Gasteiger charge is -2.15. The van der Waals surface area contributed by atoms with Gasteiger partial charge < -0.3 is 20.4 Å². The molecule has 2 aliphatic rings. The summed E-state index contributed by atoms with van der Waals surface area (Å²) in [6.45, 7) is 4.45. The Bertz CT molecular complexity index is 2510. The number of nitrogens with zero attached hydrogens (tertiary/aromatic N) is 12. The van der Waals surface area contributed by atoms with Crippen molar-refractivity contribution in [1.82, 2.24) is 59.3 Å². The molecule has 0 saturated heterocycles. The molecule has 8 heterocycles. The normalized spacial score (nSPS) is 20.2. The van der Waals surface area contributed by atoms with E-state index in [-0.39, 0.29) is 26.3 Å². The maximum Gasteiger partial charge on any atom is 0.263 e. The van der Waals surface area contributed by atoms with Crippen molar-refractivity contribution in [2.45, 2.75) is 89.8 Å². The fourth-order valence-electron chi connectivity index (χ4n) is 8.71. The number of hydrogen-bond acceptors (Lipinski definition) is 10. The van der Waals surface area contributed by atoms with Crippen LogP contribution < -0.4 is 9.03 Å². The molecule has 18 heteroatoms. The van der Waals surface area contributed by atoms with Crippen molar-refractivity contribution in [2.24, 2.45) is 11.8 Å². The molecule has 2 fully saturated rings. The van der Waals surface area contributed by atoms with Crippen molar-refractivity contribution in [2.75, 3.05) is 13.2 Å². The first-order valence-electron chi connectivity index (χ1n) is 20.8. The molecule has 10 rings (SSSR count). The Morgan fingerprint density at radius 3 is 1.45 bits per heavy atom. The largest absolute Gasteiger partial charge is 0.394 e. The molecular weight excluding hydrogens is 765 g/mol. The molecule has 0 unspecified atom stereocenters. The quantitative estimate of drug-likeness (QED) is 0.0990. The summed E-state index contributed by atoms with van der Waals surface area (Å²) >= 11 is 0. The van der Waals surface area contributed by atoms with E-state index < -0.39 is 12.2 Å². The van der Waals surface area contributed by atoms with Gasteiger partial charge >= 0.3 is 0 Å². The van der Waals surface area contributed by atoms with Crippen LogP contribution in [0.25, 0.3) is 56.1 Å². The van der Waals surface area contributed by atoms with Crippen LogP contribution in [0.3, 0.4) is 0 Å². The third-order valence-electron chi connectivity index (χ3n) is 12.0. The van der Waals surface area contributed by atoms with E-state index in [2.05, 4.69) is 66.2 Å². The van der Waals surface area contributed by atoms with Crippen molar-refractivity contribution < 1.29 is 29.5 Å². The van der Waals surface area contributed by atoms with Crippen molar-refractivity contribution in [1.29, 1.82) is 0 Å². The van der Waals surface area contributed by atoms with Gasteiger partial charge in [0.2, 0.25) is 12.4 Å². The van der Waals surface area contributed by atoms with E-state index in [9.17, 15) is 10.2 Å². The van der Waals surface area contributed by atoms with Gasteiger partial charge in [0.15, 0.2) is 0 Å². The predicted molar refractivity (Wildman–Crippen MR) is 219 cm³/mol. The van der Waals surface area contributed by atoms with Gasteiger partial charge in [-0.15, -0.1) is 0 Å². The molecule has 0 aliphatic heterocycles. The topological polar surface area (TPSA) is 218 Å². The number of H-pyrrole nitrogens is 2. The van der Waals surface area contributed by atoms with Gasteiger partial charge in [0.05, 0.1) is 87.8 Å². The molecule has 8 aromatic rings. The van der Waals surface area contributed by atoms with Crippen LogP contribution in [0.5, 0.6) is 0 Å². The van der Waals surface area contributed by atoms with Crippen molar-refractivity contribution in [3.63, 3.8) is 0 Å². The second kappa shape index (κ2) is 16.9. The first kappa shape index (κ1) is 39.4. The molecule has 0 spiro atoms. The summed E-state index contributed by atoms with van der Waals surface area (Å²) < 4.78 is 11.3. The number of aromatic amines is 2. The van der Waals surface area contributed by atoms with Gasteiger partial charge in [0, 0.05) is 59.2 Å². The standard InChI is InChI=1S/2C21H25N7O2/c2*1-14-3-2-4-19(14)27-10-16(8-24-27)21-20-5-6-22-28(20)12-18(25-21)15-7-23-26(9-15)11-17(30)13-29/h2*5-10,12,14,17,19,29-30H,2-4,11,13H2,1H3/p+2/t14-,17+,19+;14-,17-,19+/m01/s1. The monoisotopic (exact) mass is 816 g/mol. The van der Waals surface area contributed by atoms with E-state index >= 15 is 0 Å². The zero-order valence-electron chi connectivity index (χ0n) is 33.8. The van der Waals surface area contributed by atoms with E-state index in [4.69, 9.17) is 20.2 Å². The summed E-state index contributed by atoms with van der Waals surface area (Å²) in [5, 5.41) is 61.7. The number of nitrogens with one attached hydrogen (secondary N) is 2. The van der Waals surface area contributed by atoms with E-state index in [1.165, 1.54) is 38.5 Å². The maximum atomic E-state index is 9.66. The van der Waals surface area contributed by atoms with Crippen molar-refractivity contribution in [3.05, 3.63) is 86.5 Å². The van der Waals surface area contributed by atoms with Gasteiger partial charge in [-0.25, -0.2) is 9.97 Å². The SMILES string of the molecule is C[C@@H]1CCC[C@@H]1n1cc(-c2nc(-c3cnn(C[C@@H](O)CO)c3)c[n+]3[nH]ccc23)cn1.C[C@H]1CCC[C@H]1n1cc(-c2nc(-c3cnn(C[C@@H](O)CO)c3)c[n+]3[nH]ccc23)cn1. The van der Waals surface area contributed by atoms with Crippen molar-refractivity contribution in [3.8, 4) is 45.0 Å². The smallest absolute Gasteiger partial charge is 0.263 e. The molecule has 18 nitrogen and oxygen atoms in total. The maximum absolute atomic E-state index is 9.66. The van der Waals surface area contributed by atoms with Gasteiger partial charge in [-0.2, -0.15) is 30.6 Å². The lowest BCUT2D eigenvalue weighted by molar-refractivity contribution is -0.576. The van der Waals surface area contributed by atoms with Crippen LogP contribution in [0.2, 0.25) is 0 Å². The van der Waals surface area contributed by atoms with Gasteiger partial charge in [-0.05, 0) is 37.5 Å². The molecule has 60 heavy (non-hydrogen) atoms. The Kier molecular flexibility index (Phi) is 11.1. The summed E-state index contributed by atoms with van der Waals surface area (Å²) in [6.07, 6.45) is 28.3. The molecule has 2 saturated carbocycles. The van der Waals surface area contributed by atoms with Crippen LogP contribution in [-0.4, -0.2) is 105 Å². The minimum atomic E-state index is -0.842. The highest BCUT2D eigenvalue weighted by atomic mass is 16.3. The molecule has 8 aromatic heterocycles. The Balaban J connectivity index is 0.000000154. The lowest BCUT2D eigenvalue weighted by atomic mass is 10.1. The predicted octanol–water partition coefficient (Wildman–Crippen LogP) is 3.18. The minimum Gasteiger partial charge on any atom is -0.394 e. The van der Waals surface area contributed by atoms with Gasteiger partial charge in [0.1, 0.15) is 22.8 Å². The van der Waals surface area contributed by atoms with Crippen LogP contribution in [0.4, 0.5) is 0 Å². The van der Waals surface area contributed by atoms with Crippen LogP contribution in [0, 0.1) is 11.8 Å². The Labute approximate surface area is 345 Å². The second-order valence-electron chi connectivity index (χ2n) is 16.3.